The van der Waals surface area contributed by atoms with Gasteiger partial charge in [-0.15, -0.1) is 0 Å². The van der Waals surface area contributed by atoms with Gasteiger partial charge in [-0.1, -0.05) is 0 Å². The Hall–Kier alpha value is 0.642. The summed E-state index contributed by atoms with van der Waals surface area (Å²) in [5, 5.41) is 0. The molecule has 0 aromatic carbocycles. The molecule has 0 rings (SSSR count). The molecule has 0 nitrogen and oxygen atoms in total. The Morgan fingerprint density at radius 3 is 0.714 bits per heavy atom. The first-order valence-electron chi connectivity index (χ1n) is 0.873. The van der Waals surface area contributed by atoms with Crippen LogP contribution in [0.3, 0.4) is 0 Å². The summed E-state index contributed by atoms with van der Waals surface area (Å²) in [5.41, 5.74) is 0. The Morgan fingerprint density at radius 1 is 0.714 bits per heavy atom. The van der Waals surface area contributed by atoms with Crippen LogP contribution in [0, 0.1) is 13.9 Å². The van der Waals surface area contributed by atoms with Gasteiger partial charge in [0.15, 0.2) is 0 Å². The number of hydrogen-bond donors (Lipinski definition) is 0. The average Bonchev–Trinajstić information content (AvgIpc) is 1.39. The molecule has 0 fully saturated rings. The third-order valence-electron chi connectivity index (χ3n) is 0. The first kappa shape index (κ1) is 15.6. The van der Waals surface area contributed by atoms with Crippen LogP contribution in [-0.2, 0) is 27.3 Å². The molecule has 0 N–H and O–H groups in total. The number of halogens is 4. The van der Waals surface area contributed by atoms with E-state index >= 15 is 0 Å². The first-order chi connectivity index (χ1) is 2.83. The van der Waals surface area contributed by atoms with E-state index in [4.69, 9.17) is 0 Å². The van der Waals surface area contributed by atoms with Crippen LogP contribution in [-0.4, -0.2) is 0 Å². The summed E-state index contributed by atoms with van der Waals surface area (Å²) in [6.45, 7) is -2.00. The average molecular weight is 214 g/mol. The summed E-state index contributed by atoms with van der Waals surface area (Å²) in [5.74, 6) is 0. The fourth-order valence-corrected chi connectivity index (χ4v) is 0. The summed E-state index contributed by atoms with van der Waals surface area (Å²) in [6, 6.07) is 0. The van der Waals surface area contributed by atoms with Gasteiger partial charge >= 0.3 is 27.3 Å². The molecule has 0 aromatic rings. The molecule has 0 bridgehead atoms. The number of hydrogen-bond acceptors (Lipinski definition) is 0. The van der Waals surface area contributed by atoms with Crippen LogP contribution in [0.25, 0.3) is 0 Å². The topological polar surface area (TPSA) is 0 Å². The van der Waals surface area contributed by atoms with Crippen molar-refractivity contribution >= 4 is 0 Å². The first-order valence-corrected chi connectivity index (χ1v) is 0.873. The van der Waals surface area contributed by atoms with Crippen LogP contribution >= 0.6 is 0 Å². The second-order valence-corrected chi connectivity index (χ2v) is 0.165. The van der Waals surface area contributed by atoms with Gasteiger partial charge < -0.3 is 17.6 Å². The Morgan fingerprint density at radius 2 is 0.714 bits per heavy atom. The van der Waals surface area contributed by atoms with Crippen LogP contribution in [0.4, 0.5) is 17.6 Å². The normalized spacial score (nSPS) is 5.14. The van der Waals surface area contributed by atoms with Crippen molar-refractivity contribution in [2.75, 3.05) is 0 Å². The van der Waals surface area contributed by atoms with E-state index in [1.807, 2.05) is 0 Å². The van der Waals surface area contributed by atoms with Gasteiger partial charge in [-0.3, -0.25) is 0 Å². The second-order valence-electron chi connectivity index (χ2n) is 0.165. The predicted octanol–water partition coefficient (Wildman–Crippen LogP) is 2.09. The molecule has 0 saturated heterocycles. The van der Waals surface area contributed by atoms with E-state index in [0.29, 0.717) is 0 Å². The van der Waals surface area contributed by atoms with Gasteiger partial charge in [0, 0.05) is 0 Å². The largest absolute Gasteiger partial charge is 2.00 e. The van der Waals surface area contributed by atoms with E-state index in [-0.39, 0.29) is 27.3 Å². The smallest absolute Gasteiger partial charge is 0.425 e. The van der Waals surface area contributed by atoms with Crippen molar-refractivity contribution in [2.45, 2.75) is 0 Å². The van der Waals surface area contributed by atoms with Crippen molar-refractivity contribution in [3.05, 3.63) is 13.9 Å². The zero-order chi connectivity index (χ0) is 5.41. The maximum absolute atomic E-state index is 9.50. The van der Waals surface area contributed by atoms with Crippen molar-refractivity contribution in [3.8, 4) is 0 Å². The van der Waals surface area contributed by atoms with Gasteiger partial charge in [0.2, 0.25) is 0 Å². The molecule has 0 aliphatic heterocycles. The van der Waals surface area contributed by atoms with Crippen molar-refractivity contribution in [1.82, 2.24) is 0 Å². The number of rotatable bonds is 0. The Balaban J connectivity index is -0.0000000400. The quantitative estimate of drug-likeness (QED) is 0.329. The summed E-state index contributed by atoms with van der Waals surface area (Å²) in [4.78, 5) is 0. The Kier molecular flexibility index (Phi) is 67.7. The molecule has 0 radical (unpaired) electrons. The molecular formula is C2H2CdF4. The van der Waals surface area contributed by atoms with Crippen molar-refractivity contribution in [2.24, 2.45) is 0 Å². The van der Waals surface area contributed by atoms with E-state index in [9.17, 15) is 17.6 Å². The van der Waals surface area contributed by atoms with Crippen molar-refractivity contribution < 1.29 is 44.9 Å². The van der Waals surface area contributed by atoms with Gasteiger partial charge in [0.1, 0.15) is 0 Å². The fraction of sp³-hybridized carbons (Fsp3) is 0. The molecule has 5 heteroatoms. The van der Waals surface area contributed by atoms with Crippen LogP contribution < -0.4 is 0 Å². The maximum atomic E-state index is 9.50. The Labute approximate surface area is 59.1 Å². The second kappa shape index (κ2) is 30.3. The molecule has 0 aliphatic rings. The minimum atomic E-state index is -1.00. The molecule has 0 saturated carbocycles. The van der Waals surface area contributed by atoms with Crippen molar-refractivity contribution in [3.63, 3.8) is 0 Å². The third kappa shape index (κ3) is 347. The molecule has 0 spiro atoms. The van der Waals surface area contributed by atoms with E-state index in [1.54, 1.807) is 0 Å². The summed E-state index contributed by atoms with van der Waals surface area (Å²) in [6.07, 6.45) is 0. The molecule has 40 valence electrons. The fourth-order valence-electron chi connectivity index (χ4n) is 0. The van der Waals surface area contributed by atoms with Crippen LogP contribution in [0.15, 0.2) is 0 Å². The van der Waals surface area contributed by atoms with Gasteiger partial charge in [-0.2, -0.15) is 0 Å². The monoisotopic (exact) mass is 216 g/mol. The summed E-state index contributed by atoms with van der Waals surface area (Å²) >= 11 is 0. The molecule has 0 aliphatic carbocycles. The van der Waals surface area contributed by atoms with E-state index in [1.165, 1.54) is 0 Å². The molecule has 0 aromatic heterocycles. The van der Waals surface area contributed by atoms with E-state index in [2.05, 4.69) is 0 Å². The molecule has 0 unspecified atom stereocenters. The molecule has 7 heavy (non-hydrogen) atoms. The van der Waals surface area contributed by atoms with Crippen molar-refractivity contribution in [1.29, 1.82) is 0 Å². The standard InChI is InChI=1S/2CHF2.Cd/c2*2-1-3;/h2*1H;/q2*-1;+2. The van der Waals surface area contributed by atoms with E-state index in [0.717, 1.165) is 0 Å². The SMILES string of the molecule is F[CH-]F.F[CH-]F.[Cd+2]. The van der Waals surface area contributed by atoms with Crippen LogP contribution in [0.2, 0.25) is 0 Å². The van der Waals surface area contributed by atoms with E-state index < -0.39 is 13.9 Å². The summed E-state index contributed by atoms with van der Waals surface area (Å²) < 4.78 is 38.0. The molecule has 0 atom stereocenters. The zero-order valence-corrected chi connectivity index (χ0v) is 7.41. The third-order valence-corrected chi connectivity index (χ3v) is 0. The minimum Gasteiger partial charge on any atom is -0.425 e. The van der Waals surface area contributed by atoms with Crippen LogP contribution in [0.5, 0.6) is 0 Å². The van der Waals surface area contributed by atoms with Gasteiger partial charge in [-0.25, -0.2) is 0 Å². The molecular weight excluding hydrogens is 212 g/mol. The minimum absolute atomic E-state index is 0. The van der Waals surface area contributed by atoms with Gasteiger partial charge in [0.25, 0.3) is 0 Å². The maximum Gasteiger partial charge on any atom is 2.00 e. The van der Waals surface area contributed by atoms with Gasteiger partial charge in [0.05, 0.1) is 0 Å². The molecule has 0 amide bonds. The Bertz CT molecular complexity index is 11.7. The summed E-state index contributed by atoms with van der Waals surface area (Å²) in [7, 11) is 0. The van der Waals surface area contributed by atoms with Crippen LogP contribution in [0.1, 0.15) is 0 Å². The van der Waals surface area contributed by atoms with Gasteiger partial charge in [-0.05, 0) is 13.9 Å². The molecule has 0 heterocycles. The zero-order valence-electron chi connectivity index (χ0n) is 3.37. The predicted molar refractivity (Wildman–Crippen MR) is 13.0 cm³/mol.